The lowest BCUT2D eigenvalue weighted by molar-refractivity contribution is 0.532. The fourth-order valence-corrected chi connectivity index (χ4v) is 2.97. The van der Waals surface area contributed by atoms with Crippen LogP contribution in [0.15, 0.2) is 16.6 Å². The fraction of sp³-hybridized carbons (Fsp3) is 0.400. The third-order valence-electron chi connectivity index (χ3n) is 3.86. The largest absolute Gasteiger partial charge is 0.313 e. The molecule has 0 aliphatic carbocycles. The van der Waals surface area contributed by atoms with Crippen LogP contribution in [0.5, 0.6) is 0 Å². The van der Waals surface area contributed by atoms with Gasteiger partial charge in [-0.15, -0.1) is 0 Å². The number of nitrogens with one attached hydrogen (secondary N) is 1. The van der Waals surface area contributed by atoms with Crippen LogP contribution in [0, 0.1) is 19.7 Å². The van der Waals surface area contributed by atoms with Crippen molar-refractivity contribution in [3.05, 3.63) is 50.0 Å². The summed E-state index contributed by atoms with van der Waals surface area (Å²) in [4.78, 5) is 0. The van der Waals surface area contributed by atoms with Gasteiger partial charge in [-0.2, -0.15) is 5.10 Å². The van der Waals surface area contributed by atoms with E-state index in [2.05, 4.69) is 26.3 Å². The van der Waals surface area contributed by atoms with E-state index in [1.165, 1.54) is 0 Å². The second-order valence-electron chi connectivity index (χ2n) is 5.08. The van der Waals surface area contributed by atoms with Crippen molar-refractivity contribution < 1.29 is 4.39 Å². The van der Waals surface area contributed by atoms with Crippen LogP contribution < -0.4 is 5.32 Å². The number of hydrogen-bond acceptors (Lipinski definition) is 2. The zero-order valence-electron chi connectivity index (χ0n) is 12.5. The van der Waals surface area contributed by atoms with E-state index in [1.54, 1.807) is 12.1 Å². The predicted octanol–water partition coefficient (Wildman–Crippen LogP) is 4.10. The van der Waals surface area contributed by atoms with Crippen molar-refractivity contribution in [2.24, 2.45) is 7.05 Å². The van der Waals surface area contributed by atoms with Crippen molar-refractivity contribution in [1.29, 1.82) is 0 Å². The zero-order chi connectivity index (χ0) is 15.7. The summed E-state index contributed by atoms with van der Waals surface area (Å²) >= 11 is 9.23. The molecule has 1 N–H and O–H groups in total. The Hall–Kier alpha value is -0.910. The first-order valence-electron chi connectivity index (χ1n) is 6.66. The van der Waals surface area contributed by atoms with Gasteiger partial charge in [0.25, 0.3) is 0 Å². The van der Waals surface area contributed by atoms with Gasteiger partial charge in [0.1, 0.15) is 5.82 Å². The first-order valence-corrected chi connectivity index (χ1v) is 7.83. The van der Waals surface area contributed by atoms with Crippen LogP contribution in [-0.2, 0) is 13.5 Å². The minimum atomic E-state index is -0.385. The smallest absolute Gasteiger partial charge is 0.147 e. The molecule has 0 radical (unpaired) electrons. The van der Waals surface area contributed by atoms with Gasteiger partial charge >= 0.3 is 0 Å². The van der Waals surface area contributed by atoms with Gasteiger partial charge in [-0.05, 0) is 54.9 Å². The molecule has 3 nitrogen and oxygen atoms in total. The van der Waals surface area contributed by atoms with Crippen LogP contribution in [0.25, 0.3) is 0 Å². The van der Waals surface area contributed by atoms with E-state index < -0.39 is 0 Å². The van der Waals surface area contributed by atoms with Gasteiger partial charge in [-0.1, -0.05) is 17.7 Å². The van der Waals surface area contributed by atoms with Crippen molar-refractivity contribution >= 4 is 27.5 Å². The van der Waals surface area contributed by atoms with Crippen LogP contribution in [0.3, 0.4) is 0 Å². The Morgan fingerprint density at radius 3 is 2.62 bits per heavy atom. The van der Waals surface area contributed by atoms with E-state index in [0.29, 0.717) is 16.5 Å². The monoisotopic (exact) mass is 373 g/mol. The van der Waals surface area contributed by atoms with Gasteiger partial charge in [0, 0.05) is 28.8 Å². The molecule has 21 heavy (non-hydrogen) atoms. The molecule has 114 valence electrons. The topological polar surface area (TPSA) is 29.9 Å². The van der Waals surface area contributed by atoms with Crippen LogP contribution in [0.4, 0.5) is 4.39 Å². The van der Waals surface area contributed by atoms with Crippen molar-refractivity contribution in [2.45, 2.75) is 26.3 Å². The number of nitrogens with zero attached hydrogens (tertiary/aromatic N) is 2. The van der Waals surface area contributed by atoms with Gasteiger partial charge in [-0.25, -0.2) is 4.39 Å². The molecular weight excluding hydrogens is 357 g/mol. The van der Waals surface area contributed by atoms with E-state index in [9.17, 15) is 4.39 Å². The summed E-state index contributed by atoms with van der Waals surface area (Å²) in [5, 5.41) is 7.69. The van der Waals surface area contributed by atoms with E-state index in [0.717, 1.165) is 17.0 Å². The molecule has 1 aromatic heterocycles. The van der Waals surface area contributed by atoms with Gasteiger partial charge in [0.05, 0.1) is 10.7 Å². The Balaban J connectivity index is 2.39. The first-order chi connectivity index (χ1) is 9.86. The Bertz CT molecular complexity index is 669. The highest BCUT2D eigenvalue weighted by Crippen LogP contribution is 2.32. The van der Waals surface area contributed by atoms with Gasteiger partial charge in [0.2, 0.25) is 0 Å². The van der Waals surface area contributed by atoms with Crippen molar-refractivity contribution in [3.8, 4) is 0 Å². The number of benzene rings is 1. The van der Waals surface area contributed by atoms with Crippen molar-refractivity contribution in [3.63, 3.8) is 0 Å². The summed E-state index contributed by atoms with van der Waals surface area (Å²) < 4.78 is 16.8. The Morgan fingerprint density at radius 2 is 2.10 bits per heavy atom. The molecule has 0 aliphatic heterocycles. The Kier molecular flexibility index (Phi) is 5.07. The second-order valence-corrected chi connectivity index (χ2v) is 6.32. The van der Waals surface area contributed by atoms with Gasteiger partial charge in [-0.3, -0.25) is 4.68 Å². The molecule has 0 bridgehead atoms. The molecular formula is C15H18BrClFN3. The van der Waals surface area contributed by atoms with Crippen molar-refractivity contribution in [1.82, 2.24) is 15.1 Å². The average Bonchev–Trinajstić information content (AvgIpc) is 2.69. The quantitative estimate of drug-likeness (QED) is 0.817. The number of hydrogen-bond donors (Lipinski definition) is 1. The molecule has 0 fully saturated rings. The molecule has 2 aromatic rings. The van der Waals surface area contributed by atoms with Gasteiger partial charge < -0.3 is 5.32 Å². The minimum absolute atomic E-state index is 0.118. The predicted molar refractivity (Wildman–Crippen MR) is 87.3 cm³/mol. The number of aromatic nitrogens is 2. The minimum Gasteiger partial charge on any atom is -0.313 e. The maximum absolute atomic E-state index is 14.4. The fourth-order valence-electron chi connectivity index (χ4n) is 2.49. The molecule has 0 spiro atoms. The van der Waals surface area contributed by atoms with E-state index in [4.69, 9.17) is 11.6 Å². The molecule has 0 saturated carbocycles. The van der Waals surface area contributed by atoms with Crippen LogP contribution in [-0.4, -0.2) is 16.8 Å². The number of likely N-dealkylation sites (N-methyl/N-ethyl adjacent to an activating group) is 1. The molecule has 0 saturated heterocycles. The normalized spacial score (nSPS) is 12.7. The highest BCUT2D eigenvalue weighted by atomic mass is 79.9. The lowest BCUT2D eigenvalue weighted by Crippen LogP contribution is -2.21. The summed E-state index contributed by atoms with van der Waals surface area (Å²) in [7, 11) is 3.73. The summed E-state index contributed by atoms with van der Waals surface area (Å²) in [5.41, 5.74) is 3.76. The standard InChI is InChI=1S/C15H18BrClFN3/c1-8-11(9(2)21(4)20-8)7-13(19-3)10-5-6-12(16)14(17)15(10)18/h5-6,13,19H,7H2,1-4H3. The maximum Gasteiger partial charge on any atom is 0.147 e. The first kappa shape index (κ1) is 16.5. The summed E-state index contributed by atoms with van der Waals surface area (Å²) in [6.45, 7) is 3.99. The molecule has 0 aliphatic rings. The molecule has 1 atom stereocenters. The number of rotatable bonds is 4. The van der Waals surface area contributed by atoms with Gasteiger partial charge in [0.15, 0.2) is 0 Å². The highest BCUT2D eigenvalue weighted by Gasteiger charge is 2.21. The summed E-state index contributed by atoms with van der Waals surface area (Å²) in [6, 6.07) is 3.37. The zero-order valence-corrected chi connectivity index (χ0v) is 14.8. The third kappa shape index (κ3) is 3.15. The van der Waals surface area contributed by atoms with Crippen molar-refractivity contribution in [2.75, 3.05) is 7.05 Å². The summed E-state index contributed by atoms with van der Waals surface area (Å²) in [5.74, 6) is -0.385. The Morgan fingerprint density at radius 1 is 1.43 bits per heavy atom. The molecule has 6 heteroatoms. The SMILES string of the molecule is CNC(Cc1c(C)nn(C)c1C)c1ccc(Br)c(Cl)c1F. The lowest BCUT2D eigenvalue weighted by atomic mass is 9.97. The molecule has 1 unspecified atom stereocenters. The Labute approximate surface area is 137 Å². The molecule has 2 rings (SSSR count). The maximum atomic E-state index is 14.4. The third-order valence-corrected chi connectivity index (χ3v) is 5.11. The average molecular weight is 375 g/mol. The van der Waals surface area contributed by atoms with E-state index in [-0.39, 0.29) is 16.9 Å². The van der Waals surface area contributed by atoms with E-state index >= 15 is 0 Å². The van der Waals surface area contributed by atoms with E-state index in [1.807, 2.05) is 32.6 Å². The summed E-state index contributed by atoms with van der Waals surface area (Å²) in [6.07, 6.45) is 0.664. The molecule has 1 heterocycles. The van der Waals surface area contributed by atoms with Crippen LogP contribution >= 0.6 is 27.5 Å². The number of aryl methyl sites for hydroxylation is 2. The lowest BCUT2D eigenvalue weighted by Gasteiger charge is -2.18. The molecule has 1 aromatic carbocycles. The number of halogens is 3. The molecule has 0 amide bonds. The highest BCUT2D eigenvalue weighted by molar-refractivity contribution is 9.10. The van der Waals surface area contributed by atoms with Crippen LogP contribution in [0.1, 0.15) is 28.6 Å². The second kappa shape index (κ2) is 6.46. The van der Waals surface area contributed by atoms with Crippen LogP contribution in [0.2, 0.25) is 5.02 Å².